The number of likely N-dealkylation sites (N-methyl/N-ethyl adjacent to an activating group) is 1. The van der Waals surface area contributed by atoms with Gasteiger partial charge in [-0.2, -0.15) is 0 Å². The molecule has 1 aliphatic heterocycles. The Morgan fingerprint density at radius 2 is 1.90 bits per heavy atom. The van der Waals surface area contributed by atoms with E-state index in [2.05, 4.69) is 18.7 Å². The highest BCUT2D eigenvalue weighted by atomic mass is 16.5. The van der Waals surface area contributed by atoms with E-state index in [1.165, 1.54) is 0 Å². The molecule has 1 saturated heterocycles. The summed E-state index contributed by atoms with van der Waals surface area (Å²) < 4.78 is 12.2. The molecule has 2 aromatic carbocycles. The third kappa shape index (κ3) is 3.22. The van der Waals surface area contributed by atoms with Crippen LogP contribution in [-0.2, 0) is 10.2 Å². The fraction of sp³-hybridized carbons (Fsp3) is 0.360. The van der Waals surface area contributed by atoms with Gasteiger partial charge >= 0.3 is 0 Å². The molecule has 0 radical (unpaired) electrons. The molecule has 6 nitrogen and oxygen atoms in total. The van der Waals surface area contributed by atoms with Gasteiger partial charge in [0.2, 0.25) is 5.91 Å². The van der Waals surface area contributed by atoms with Gasteiger partial charge in [0.25, 0.3) is 0 Å². The van der Waals surface area contributed by atoms with Crippen LogP contribution in [0.2, 0.25) is 0 Å². The topological polar surface area (TPSA) is 63.0 Å². The van der Waals surface area contributed by atoms with Crippen molar-refractivity contribution in [3.05, 3.63) is 64.9 Å². The van der Waals surface area contributed by atoms with Gasteiger partial charge in [0.15, 0.2) is 5.78 Å². The number of hydrogen-bond acceptors (Lipinski definition) is 5. The molecule has 0 N–H and O–H groups in total. The third-order valence-corrected chi connectivity index (χ3v) is 6.51. The van der Waals surface area contributed by atoms with Gasteiger partial charge in [-0.05, 0) is 43.7 Å². The predicted octanol–water partition coefficient (Wildman–Crippen LogP) is 3.46. The number of ketones is 1. The summed E-state index contributed by atoms with van der Waals surface area (Å²) in [5.41, 5.74) is 2.56. The van der Waals surface area contributed by atoms with Crippen LogP contribution in [0.5, 0.6) is 5.75 Å². The Morgan fingerprint density at radius 3 is 2.71 bits per heavy atom. The fourth-order valence-corrected chi connectivity index (χ4v) is 4.59. The second kappa shape index (κ2) is 7.24. The van der Waals surface area contributed by atoms with Crippen molar-refractivity contribution in [3.63, 3.8) is 0 Å². The molecule has 0 spiro atoms. The number of carbonyl (C=O) groups excluding carboxylic acids is 2. The van der Waals surface area contributed by atoms with Crippen LogP contribution in [0.3, 0.4) is 0 Å². The molecule has 1 aliphatic carbocycles. The molecule has 31 heavy (non-hydrogen) atoms. The summed E-state index contributed by atoms with van der Waals surface area (Å²) in [7, 11) is 1.83. The number of para-hydroxylation sites is 1. The lowest BCUT2D eigenvalue weighted by Gasteiger charge is -2.32. The van der Waals surface area contributed by atoms with Crippen LogP contribution in [-0.4, -0.2) is 61.3 Å². The smallest absolute Gasteiger partial charge is 0.236 e. The number of rotatable bonds is 4. The fourth-order valence-electron chi connectivity index (χ4n) is 4.59. The normalized spacial score (nSPS) is 18.2. The lowest BCUT2D eigenvalue weighted by molar-refractivity contribution is -0.134. The van der Waals surface area contributed by atoms with Crippen molar-refractivity contribution < 1.29 is 18.7 Å². The Hall–Kier alpha value is -3.12. The number of benzene rings is 2. The first-order chi connectivity index (χ1) is 14.9. The Balaban J connectivity index is 1.38. The summed E-state index contributed by atoms with van der Waals surface area (Å²) in [5, 5.41) is 0.864. The van der Waals surface area contributed by atoms with Gasteiger partial charge in [-0.1, -0.05) is 18.2 Å². The summed E-state index contributed by atoms with van der Waals surface area (Å²) >= 11 is 0. The van der Waals surface area contributed by atoms with Crippen LogP contribution < -0.4 is 4.74 Å². The molecule has 0 atom stereocenters. The van der Waals surface area contributed by atoms with Gasteiger partial charge in [-0.3, -0.25) is 14.5 Å². The number of ether oxygens (including phenoxy) is 1. The second-order valence-corrected chi connectivity index (χ2v) is 8.90. The molecule has 1 amide bonds. The highest BCUT2D eigenvalue weighted by Crippen LogP contribution is 2.46. The molecule has 0 unspecified atom stereocenters. The van der Waals surface area contributed by atoms with E-state index >= 15 is 0 Å². The zero-order chi connectivity index (χ0) is 21.8. The minimum atomic E-state index is -0.457. The molecule has 2 heterocycles. The third-order valence-electron chi connectivity index (χ3n) is 6.51. The minimum absolute atomic E-state index is 0.00299. The van der Waals surface area contributed by atoms with Crippen LogP contribution in [0.1, 0.15) is 41.1 Å². The van der Waals surface area contributed by atoms with E-state index in [9.17, 15) is 9.59 Å². The number of amides is 1. The highest BCUT2D eigenvalue weighted by Gasteiger charge is 2.41. The van der Waals surface area contributed by atoms with Crippen LogP contribution in [0.4, 0.5) is 0 Å². The number of furan rings is 1. The summed E-state index contributed by atoms with van der Waals surface area (Å²) in [6.07, 6.45) is 0. The van der Waals surface area contributed by atoms with Gasteiger partial charge in [-0.25, -0.2) is 0 Å². The van der Waals surface area contributed by atoms with Gasteiger partial charge < -0.3 is 14.1 Å². The molecule has 0 saturated carbocycles. The van der Waals surface area contributed by atoms with Crippen molar-refractivity contribution in [2.75, 3.05) is 39.8 Å². The van der Waals surface area contributed by atoms with E-state index < -0.39 is 5.41 Å². The molecule has 0 bridgehead atoms. The number of fused-ring (bicyclic) bond motifs is 4. The zero-order valence-electron chi connectivity index (χ0n) is 18.1. The maximum absolute atomic E-state index is 13.3. The van der Waals surface area contributed by atoms with E-state index in [1.54, 1.807) is 4.90 Å². The first kappa shape index (κ1) is 19.8. The summed E-state index contributed by atoms with van der Waals surface area (Å²) in [6, 6.07) is 13.4. The number of nitrogens with zero attached hydrogens (tertiary/aromatic N) is 2. The van der Waals surface area contributed by atoms with Crippen LogP contribution >= 0.6 is 0 Å². The van der Waals surface area contributed by atoms with E-state index in [4.69, 9.17) is 9.15 Å². The van der Waals surface area contributed by atoms with E-state index in [0.29, 0.717) is 36.6 Å². The predicted molar refractivity (Wildman–Crippen MR) is 118 cm³/mol. The monoisotopic (exact) mass is 418 g/mol. The molecular formula is C25H26N2O4. The van der Waals surface area contributed by atoms with Gasteiger partial charge in [0.05, 0.1) is 12.1 Å². The summed E-state index contributed by atoms with van der Waals surface area (Å²) in [4.78, 5) is 29.0. The largest absolute Gasteiger partial charge is 0.492 e. The maximum Gasteiger partial charge on any atom is 0.236 e. The molecule has 160 valence electrons. The van der Waals surface area contributed by atoms with E-state index in [-0.39, 0.29) is 11.7 Å². The van der Waals surface area contributed by atoms with Gasteiger partial charge in [0.1, 0.15) is 23.7 Å². The van der Waals surface area contributed by atoms with Crippen molar-refractivity contribution in [1.82, 2.24) is 9.80 Å². The Morgan fingerprint density at radius 1 is 1.10 bits per heavy atom. The van der Waals surface area contributed by atoms with Crippen molar-refractivity contribution in [3.8, 4) is 5.75 Å². The minimum Gasteiger partial charge on any atom is -0.492 e. The Labute approximate surface area is 181 Å². The number of hydrogen-bond donors (Lipinski definition) is 0. The lowest BCUT2D eigenvalue weighted by atomic mass is 9.72. The molecule has 2 aliphatic rings. The SMILES string of the molecule is CN1CCN(CCOc2ccc3c(c2)C(C)(C)c2oc4ccccc4c2C3=O)CC1=O. The van der Waals surface area contributed by atoms with Crippen LogP contribution in [0.15, 0.2) is 46.9 Å². The highest BCUT2D eigenvalue weighted by molar-refractivity contribution is 6.19. The first-order valence-corrected chi connectivity index (χ1v) is 10.7. The molecule has 1 aromatic heterocycles. The molecule has 1 fully saturated rings. The van der Waals surface area contributed by atoms with Crippen molar-refractivity contribution in [2.24, 2.45) is 0 Å². The second-order valence-electron chi connectivity index (χ2n) is 8.90. The standard InChI is InChI=1S/C25H26N2O4/c1-25(2)19-14-16(30-13-12-27-11-10-26(3)21(28)15-27)8-9-17(19)23(29)22-18-6-4-5-7-20(18)31-24(22)25/h4-9,14H,10-13,15H2,1-3H3. The Kier molecular flexibility index (Phi) is 4.63. The number of carbonyl (C=O) groups is 2. The van der Waals surface area contributed by atoms with Gasteiger partial charge in [-0.15, -0.1) is 0 Å². The summed E-state index contributed by atoms with van der Waals surface area (Å²) in [5.74, 6) is 1.57. The first-order valence-electron chi connectivity index (χ1n) is 10.7. The number of piperazine rings is 1. The molecule has 6 heteroatoms. The van der Waals surface area contributed by atoms with Crippen molar-refractivity contribution in [1.29, 1.82) is 0 Å². The average Bonchev–Trinajstić information content (AvgIpc) is 3.16. The van der Waals surface area contributed by atoms with Crippen molar-refractivity contribution >= 4 is 22.7 Å². The molecule has 3 aromatic rings. The Bertz CT molecular complexity index is 1190. The summed E-state index contributed by atoms with van der Waals surface area (Å²) in [6.45, 7) is 7.37. The maximum atomic E-state index is 13.3. The van der Waals surface area contributed by atoms with E-state index in [1.807, 2.05) is 49.5 Å². The van der Waals surface area contributed by atoms with E-state index in [0.717, 1.165) is 35.4 Å². The quantitative estimate of drug-likeness (QED) is 0.649. The van der Waals surface area contributed by atoms with Crippen LogP contribution in [0, 0.1) is 0 Å². The average molecular weight is 418 g/mol. The zero-order valence-corrected chi connectivity index (χ0v) is 18.1. The van der Waals surface area contributed by atoms with Gasteiger partial charge in [0, 0.05) is 43.0 Å². The van der Waals surface area contributed by atoms with Crippen molar-refractivity contribution in [2.45, 2.75) is 19.3 Å². The molecular weight excluding hydrogens is 392 g/mol. The van der Waals surface area contributed by atoms with Crippen LogP contribution in [0.25, 0.3) is 11.0 Å². The lowest BCUT2D eigenvalue weighted by Crippen LogP contribution is -2.49. The molecule has 5 rings (SSSR count).